The van der Waals surface area contributed by atoms with Crippen molar-refractivity contribution in [3.8, 4) is 0 Å². The Morgan fingerprint density at radius 3 is 2.72 bits per heavy atom. The van der Waals surface area contributed by atoms with Crippen LogP contribution in [0.15, 0.2) is 28.8 Å². The molecule has 6 nitrogen and oxygen atoms in total. The molecule has 2 aliphatic rings. The second-order valence-corrected chi connectivity index (χ2v) is 7.70. The van der Waals surface area contributed by atoms with Crippen LogP contribution < -0.4 is 5.73 Å². The van der Waals surface area contributed by atoms with Gasteiger partial charge in [-0.25, -0.2) is 0 Å². The Hall–Kier alpha value is -1.28. The second-order valence-electron chi connectivity index (χ2n) is 6.26. The van der Waals surface area contributed by atoms with Gasteiger partial charge in [-0.1, -0.05) is 16.8 Å². The summed E-state index contributed by atoms with van der Waals surface area (Å²) in [4.78, 5) is 19.0. The van der Waals surface area contributed by atoms with Crippen LogP contribution in [-0.4, -0.2) is 32.6 Å². The Kier molecular flexibility index (Phi) is 5.29. The van der Waals surface area contributed by atoms with Crippen molar-refractivity contribution in [1.29, 1.82) is 0 Å². The van der Waals surface area contributed by atoms with E-state index in [4.69, 9.17) is 21.9 Å². The molecule has 2 aromatic rings. The molecule has 2 heterocycles. The molecule has 1 aromatic carbocycles. The van der Waals surface area contributed by atoms with E-state index in [9.17, 15) is 4.79 Å². The molecule has 0 spiro atoms. The molecular formula is C16H18Cl2N4O2S. The molecule has 1 amide bonds. The highest BCUT2D eigenvalue weighted by atomic mass is 35.5. The van der Waals surface area contributed by atoms with Crippen molar-refractivity contribution in [2.45, 2.75) is 30.8 Å². The minimum Gasteiger partial charge on any atom is -0.337 e. The number of benzene rings is 1. The van der Waals surface area contributed by atoms with Crippen LogP contribution in [0.5, 0.6) is 0 Å². The molecule has 1 atom stereocenters. The maximum atomic E-state index is 12.8. The number of rotatable bonds is 3. The number of amides is 1. The van der Waals surface area contributed by atoms with Gasteiger partial charge in [0.2, 0.25) is 5.89 Å². The SMILES string of the molecule is Cl.NC1(c2noc(C3CSCN3C(=O)c3ccc(Cl)cc3)n2)CCC1. The number of nitrogens with zero attached hydrogens (tertiary/aromatic N) is 3. The summed E-state index contributed by atoms with van der Waals surface area (Å²) < 4.78 is 5.44. The van der Waals surface area contributed by atoms with Crippen LogP contribution >= 0.6 is 35.8 Å². The third-order valence-electron chi connectivity index (χ3n) is 4.65. The Balaban J connectivity index is 0.00000182. The fourth-order valence-corrected chi connectivity index (χ4v) is 4.23. The number of carbonyl (C=O) groups is 1. The van der Waals surface area contributed by atoms with Crippen LogP contribution in [0.25, 0.3) is 0 Å². The van der Waals surface area contributed by atoms with Gasteiger partial charge in [-0.2, -0.15) is 4.98 Å². The summed E-state index contributed by atoms with van der Waals surface area (Å²) in [6.07, 6.45) is 2.83. The minimum atomic E-state index is -0.460. The van der Waals surface area contributed by atoms with Gasteiger partial charge in [0.1, 0.15) is 6.04 Å². The highest BCUT2D eigenvalue weighted by Gasteiger charge is 2.41. The zero-order valence-electron chi connectivity index (χ0n) is 13.4. The molecular weight excluding hydrogens is 383 g/mol. The van der Waals surface area contributed by atoms with Crippen molar-refractivity contribution in [2.24, 2.45) is 5.73 Å². The van der Waals surface area contributed by atoms with E-state index in [1.807, 2.05) is 0 Å². The summed E-state index contributed by atoms with van der Waals surface area (Å²) in [5, 5.41) is 4.66. The normalized spacial score (nSPS) is 21.5. The second kappa shape index (κ2) is 7.15. The zero-order valence-corrected chi connectivity index (χ0v) is 15.7. The molecule has 25 heavy (non-hydrogen) atoms. The van der Waals surface area contributed by atoms with Gasteiger partial charge in [0.15, 0.2) is 5.82 Å². The van der Waals surface area contributed by atoms with Crippen LogP contribution in [0.4, 0.5) is 0 Å². The summed E-state index contributed by atoms with van der Waals surface area (Å²) in [7, 11) is 0. The van der Waals surface area contributed by atoms with E-state index < -0.39 is 5.54 Å². The fourth-order valence-electron chi connectivity index (χ4n) is 2.96. The number of nitrogens with two attached hydrogens (primary N) is 1. The van der Waals surface area contributed by atoms with E-state index >= 15 is 0 Å². The molecule has 1 aliphatic carbocycles. The van der Waals surface area contributed by atoms with Crippen molar-refractivity contribution in [1.82, 2.24) is 15.0 Å². The zero-order chi connectivity index (χ0) is 16.7. The highest BCUT2D eigenvalue weighted by molar-refractivity contribution is 7.99. The van der Waals surface area contributed by atoms with Gasteiger partial charge < -0.3 is 15.2 Å². The first-order valence-corrected chi connectivity index (χ1v) is 9.37. The maximum absolute atomic E-state index is 12.8. The first-order valence-electron chi connectivity index (χ1n) is 7.84. The number of hydrogen-bond donors (Lipinski definition) is 1. The number of hydrogen-bond acceptors (Lipinski definition) is 6. The summed E-state index contributed by atoms with van der Waals surface area (Å²) >= 11 is 7.56. The van der Waals surface area contributed by atoms with Crippen LogP contribution in [0, 0.1) is 0 Å². The smallest absolute Gasteiger partial charge is 0.255 e. The quantitative estimate of drug-likeness (QED) is 0.849. The molecule has 2 fully saturated rings. The largest absolute Gasteiger partial charge is 0.337 e. The third-order valence-corrected chi connectivity index (χ3v) is 5.92. The van der Waals surface area contributed by atoms with E-state index in [1.54, 1.807) is 40.9 Å². The molecule has 4 rings (SSSR count). The summed E-state index contributed by atoms with van der Waals surface area (Å²) in [5.74, 6) is 2.29. The summed E-state index contributed by atoms with van der Waals surface area (Å²) in [6.45, 7) is 0. The van der Waals surface area contributed by atoms with Gasteiger partial charge in [0.25, 0.3) is 5.91 Å². The van der Waals surface area contributed by atoms with Crippen LogP contribution in [0.2, 0.25) is 5.02 Å². The molecule has 0 bridgehead atoms. The van der Waals surface area contributed by atoms with E-state index in [2.05, 4.69) is 10.1 Å². The van der Waals surface area contributed by atoms with Crippen LogP contribution in [-0.2, 0) is 5.54 Å². The molecule has 1 unspecified atom stereocenters. The lowest BCUT2D eigenvalue weighted by molar-refractivity contribution is 0.0722. The lowest BCUT2D eigenvalue weighted by atomic mass is 9.77. The molecule has 1 saturated heterocycles. The molecule has 1 saturated carbocycles. The third kappa shape index (κ3) is 3.38. The van der Waals surface area contributed by atoms with Gasteiger partial charge >= 0.3 is 0 Å². The molecule has 1 aromatic heterocycles. The van der Waals surface area contributed by atoms with E-state index in [0.29, 0.717) is 28.2 Å². The maximum Gasteiger partial charge on any atom is 0.255 e. The van der Waals surface area contributed by atoms with E-state index in [1.165, 1.54) is 0 Å². The van der Waals surface area contributed by atoms with Gasteiger partial charge in [-0.15, -0.1) is 24.2 Å². The average Bonchev–Trinajstić information content (AvgIpc) is 3.21. The van der Waals surface area contributed by atoms with Crippen molar-refractivity contribution >= 4 is 41.7 Å². The Morgan fingerprint density at radius 2 is 2.08 bits per heavy atom. The molecule has 2 N–H and O–H groups in total. The predicted octanol–water partition coefficient (Wildman–Crippen LogP) is 3.37. The van der Waals surface area contributed by atoms with Gasteiger partial charge in [-0.05, 0) is 43.5 Å². The molecule has 9 heteroatoms. The number of thioether (sulfide) groups is 1. The number of carbonyl (C=O) groups excluding carboxylic acids is 1. The Bertz CT molecular complexity index is 764. The van der Waals surface area contributed by atoms with Gasteiger partial charge in [0, 0.05) is 16.3 Å². The van der Waals surface area contributed by atoms with E-state index in [-0.39, 0.29) is 24.4 Å². The summed E-state index contributed by atoms with van der Waals surface area (Å²) in [5.41, 5.74) is 6.39. The first-order chi connectivity index (χ1) is 11.6. The molecule has 0 radical (unpaired) electrons. The monoisotopic (exact) mass is 400 g/mol. The highest BCUT2D eigenvalue weighted by Crippen LogP contribution is 2.39. The predicted molar refractivity (Wildman–Crippen MR) is 98.9 cm³/mol. The summed E-state index contributed by atoms with van der Waals surface area (Å²) in [6, 6.07) is 6.67. The van der Waals surface area contributed by atoms with Crippen molar-refractivity contribution < 1.29 is 9.32 Å². The molecule has 134 valence electrons. The van der Waals surface area contributed by atoms with Gasteiger partial charge in [0.05, 0.1) is 11.4 Å². The Labute approximate surface area is 160 Å². The lowest BCUT2D eigenvalue weighted by Crippen LogP contribution is -2.44. The fraction of sp³-hybridized carbons (Fsp3) is 0.438. The van der Waals surface area contributed by atoms with Crippen molar-refractivity contribution in [3.63, 3.8) is 0 Å². The number of halogens is 2. The Morgan fingerprint density at radius 1 is 1.36 bits per heavy atom. The lowest BCUT2D eigenvalue weighted by Gasteiger charge is -2.34. The first kappa shape index (κ1) is 18.5. The van der Waals surface area contributed by atoms with Crippen molar-refractivity contribution in [3.05, 3.63) is 46.6 Å². The number of aromatic nitrogens is 2. The standard InChI is InChI=1S/C16H17ClN4O2S.ClH/c17-11-4-2-10(3-5-11)14(22)21-9-24-8-12(21)13-19-15(20-23-13)16(18)6-1-7-16;/h2-5,12H,1,6-9,18H2;1H. The van der Waals surface area contributed by atoms with Crippen LogP contribution in [0.3, 0.4) is 0 Å². The van der Waals surface area contributed by atoms with Crippen molar-refractivity contribution in [2.75, 3.05) is 11.6 Å². The average molecular weight is 401 g/mol. The minimum absolute atomic E-state index is 0. The molecule has 1 aliphatic heterocycles. The van der Waals surface area contributed by atoms with E-state index in [0.717, 1.165) is 25.0 Å². The topological polar surface area (TPSA) is 85.2 Å². The van der Waals surface area contributed by atoms with Gasteiger partial charge in [-0.3, -0.25) is 4.79 Å². The van der Waals surface area contributed by atoms with Crippen LogP contribution in [0.1, 0.15) is 47.4 Å².